The van der Waals surface area contributed by atoms with Crippen LogP contribution in [0.4, 0.5) is 0 Å². The van der Waals surface area contributed by atoms with E-state index in [1.807, 2.05) is 24.3 Å². The third-order valence-electron chi connectivity index (χ3n) is 3.87. The monoisotopic (exact) mass is 259 g/mol. The molecule has 1 aliphatic rings. The molecule has 1 aromatic heterocycles. The Hall–Kier alpha value is -1.81. The van der Waals surface area contributed by atoms with E-state index < -0.39 is 0 Å². The Balaban J connectivity index is 1.70. The Morgan fingerprint density at radius 1 is 1.37 bits per heavy atom. The van der Waals surface area contributed by atoms with Gasteiger partial charge in [0.1, 0.15) is 11.8 Å². The highest BCUT2D eigenvalue weighted by Crippen LogP contribution is 2.25. The van der Waals surface area contributed by atoms with Crippen LogP contribution in [-0.4, -0.2) is 23.7 Å². The van der Waals surface area contributed by atoms with E-state index in [4.69, 9.17) is 4.42 Å². The lowest BCUT2D eigenvalue weighted by Crippen LogP contribution is -2.32. The number of carbonyl (C=O) groups is 1. The maximum absolute atomic E-state index is 12.1. The van der Waals surface area contributed by atoms with Gasteiger partial charge in [0.25, 0.3) is 5.91 Å². The highest BCUT2D eigenvalue weighted by Gasteiger charge is 2.25. The van der Waals surface area contributed by atoms with Crippen molar-refractivity contribution >= 4 is 16.9 Å². The minimum Gasteiger partial charge on any atom is -0.463 e. The summed E-state index contributed by atoms with van der Waals surface area (Å²) in [4.78, 5) is 12.1. The smallest absolute Gasteiger partial charge is 0.255 e. The summed E-state index contributed by atoms with van der Waals surface area (Å²) in [6, 6.07) is 7.47. The average molecular weight is 259 g/mol. The van der Waals surface area contributed by atoms with Crippen LogP contribution in [0.1, 0.15) is 29.6 Å². The molecule has 1 saturated carbocycles. The molecule has 2 N–H and O–H groups in total. The number of benzene rings is 1. The van der Waals surface area contributed by atoms with Crippen molar-refractivity contribution in [3.63, 3.8) is 0 Å². The Labute approximate surface area is 111 Å². The van der Waals surface area contributed by atoms with Crippen LogP contribution in [0.3, 0.4) is 0 Å². The van der Waals surface area contributed by atoms with Gasteiger partial charge in [-0.2, -0.15) is 0 Å². The van der Waals surface area contributed by atoms with Crippen LogP contribution in [0.2, 0.25) is 0 Å². The van der Waals surface area contributed by atoms with Gasteiger partial charge in [-0.1, -0.05) is 24.6 Å². The van der Waals surface area contributed by atoms with Crippen molar-refractivity contribution in [3.8, 4) is 0 Å². The van der Waals surface area contributed by atoms with Crippen LogP contribution in [0.15, 0.2) is 34.9 Å². The minimum absolute atomic E-state index is 0.135. The molecule has 100 valence electrons. The van der Waals surface area contributed by atoms with Crippen molar-refractivity contribution < 1.29 is 14.3 Å². The lowest BCUT2D eigenvalue weighted by Gasteiger charge is -2.14. The van der Waals surface area contributed by atoms with Gasteiger partial charge in [0.15, 0.2) is 0 Å². The molecule has 4 heteroatoms. The molecule has 1 amide bonds. The maximum atomic E-state index is 12.1. The van der Waals surface area contributed by atoms with E-state index in [0.29, 0.717) is 17.7 Å². The fraction of sp³-hybridized carbons (Fsp3) is 0.400. The first-order valence-corrected chi connectivity index (χ1v) is 6.68. The minimum atomic E-state index is -0.276. The van der Waals surface area contributed by atoms with Gasteiger partial charge in [0.2, 0.25) is 0 Å². The molecule has 4 nitrogen and oxygen atoms in total. The van der Waals surface area contributed by atoms with Crippen LogP contribution < -0.4 is 5.32 Å². The standard InChI is InChI=1S/C15H17NO3/c17-13-6-3-4-10(13)8-16-15(18)12-9-19-14-7-2-1-5-11(12)14/h1-2,5,7,9-10,13,17H,3-4,6,8H2,(H,16,18). The lowest BCUT2D eigenvalue weighted by molar-refractivity contribution is 0.0917. The number of aliphatic hydroxyl groups is 1. The maximum Gasteiger partial charge on any atom is 0.255 e. The number of rotatable bonds is 3. The number of amides is 1. The number of nitrogens with one attached hydrogen (secondary N) is 1. The first-order valence-electron chi connectivity index (χ1n) is 6.68. The number of carbonyl (C=O) groups excluding carboxylic acids is 1. The van der Waals surface area contributed by atoms with Crippen molar-refractivity contribution in [2.75, 3.05) is 6.54 Å². The van der Waals surface area contributed by atoms with Crippen molar-refractivity contribution in [3.05, 3.63) is 36.1 Å². The van der Waals surface area contributed by atoms with E-state index in [1.165, 1.54) is 6.26 Å². The Morgan fingerprint density at radius 2 is 2.21 bits per heavy atom. The summed E-state index contributed by atoms with van der Waals surface area (Å²) >= 11 is 0. The molecule has 0 saturated heterocycles. The van der Waals surface area contributed by atoms with Gasteiger partial charge in [0.05, 0.1) is 11.7 Å². The second kappa shape index (κ2) is 5.05. The third-order valence-corrected chi connectivity index (χ3v) is 3.87. The highest BCUT2D eigenvalue weighted by molar-refractivity contribution is 6.05. The number of furan rings is 1. The van der Waals surface area contributed by atoms with Crippen LogP contribution in [0.5, 0.6) is 0 Å². The zero-order valence-corrected chi connectivity index (χ0v) is 10.6. The largest absolute Gasteiger partial charge is 0.463 e. The first-order chi connectivity index (χ1) is 9.25. The van der Waals surface area contributed by atoms with Crippen LogP contribution in [0, 0.1) is 5.92 Å². The molecule has 1 fully saturated rings. The van der Waals surface area contributed by atoms with Gasteiger partial charge in [-0.05, 0) is 18.9 Å². The van der Waals surface area contributed by atoms with E-state index in [-0.39, 0.29) is 17.9 Å². The summed E-state index contributed by atoms with van der Waals surface area (Å²) in [6.45, 7) is 0.527. The molecule has 2 aromatic rings. The molecule has 3 rings (SSSR count). The zero-order chi connectivity index (χ0) is 13.2. The topological polar surface area (TPSA) is 62.5 Å². The van der Waals surface area contributed by atoms with Gasteiger partial charge in [-0.25, -0.2) is 0 Å². The number of fused-ring (bicyclic) bond motifs is 1. The molecule has 0 spiro atoms. The second-order valence-corrected chi connectivity index (χ2v) is 5.11. The van der Waals surface area contributed by atoms with E-state index in [9.17, 15) is 9.90 Å². The van der Waals surface area contributed by atoms with Crippen LogP contribution in [0.25, 0.3) is 11.0 Å². The second-order valence-electron chi connectivity index (χ2n) is 5.11. The molecule has 1 heterocycles. The quantitative estimate of drug-likeness (QED) is 0.889. The molecular formula is C15H17NO3. The summed E-state index contributed by atoms with van der Waals surface area (Å²) < 4.78 is 5.35. The summed E-state index contributed by atoms with van der Waals surface area (Å²) in [5, 5.41) is 13.5. The fourth-order valence-electron chi connectivity index (χ4n) is 2.73. The van der Waals surface area contributed by atoms with Gasteiger partial charge in [-0.15, -0.1) is 0 Å². The average Bonchev–Trinajstić information content (AvgIpc) is 3.02. The van der Waals surface area contributed by atoms with Gasteiger partial charge < -0.3 is 14.8 Å². The van der Waals surface area contributed by atoms with Crippen molar-refractivity contribution in [2.24, 2.45) is 5.92 Å². The molecule has 1 aromatic carbocycles. The molecular weight excluding hydrogens is 242 g/mol. The van der Waals surface area contributed by atoms with Gasteiger partial charge >= 0.3 is 0 Å². The fourth-order valence-corrected chi connectivity index (χ4v) is 2.73. The predicted octanol–water partition coefficient (Wildman–Crippen LogP) is 2.32. The SMILES string of the molecule is O=C(NCC1CCCC1O)c1coc2ccccc12. The van der Waals surface area contributed by atoms with Crippen molar-refractivity contribution in [1.82, 2.24) is 5.32 Å². The Bertz CT molecular complexity index is 590. The normalized spacial score (nSPS) is 22.8. The van der Waals surface area contributed by atoms with E-state index in [0.717, 1.165) is 24.6 Å². The van der Waals surface area contributed by atoms with Crippen molar-refractivity contribution in [1.29, 1.82) is 0 Å². The summed E-state index contributed by atoms with van der Waals surface area (Å²) in [6.07, 6.45) is 4.07. The molecule has 1 aliphatic carbocycles. The first kappa shape index (κ1) is 12.2. The predicted molar refractivity (Wildman–Crippen MR) is 71.9 cm³/mol. The van der Waals surface area contributed by atoms with Crippen molar-refractivity contribution in [2.45, 2.75) is 25.4 Å². The number of para-hydroxylation sites is 1. The lowest BCUT2D eigenvalue weighted by atomic mass is 10.1. The van der Waals surface area contributed by atoms with Crippen LogP contribution in [-0.2, 0) is 0 Å². The van der Waals surface area contributed by atoms with E-state index >= 15 is 0 Å². The van der Waals surface area contributed by atoms with Gasteiger partial charge in [-0.3, -0.25) is 4.79 Å². The summed E-state index contributed by atoms with van der Waals surface area (Å²) in [5.74, 6) is 0.0474. The highest BCUT2D eigenvalue weighted by atomic mass is 16.3. The van der Waals surface area contributed by atoms with Gasteiger partial charge in [0, 0.05) is 17.8 Å². The molecule has 2 atom stereocenters. The summed E-state index contributed by atoms with van der Waals surface area (Å²) in [7, 11) is 0. The van der Waals surface area contributed by atoms with E-state index in [1.54, 1.807) is 0 Å². The zero-order valence-electron chi connectivity index (χ0n) is 10.6. The number of aliphatic hydroxyl groups excluding tert-OH is 1. The number of hydrogen-bond acceptors (Lipinski definition) is 3. The number of hydrogen-bond donors (Lipinski definition) is 2. The molecule has 0 bridgehead atoms. The molecule has 19 heavy (non-hydrogen) atoms. The molecule has 0 aliphatic heterocycles. The summed E-state index contributed by atoms with van der Waals surface area (Å²) in [5.41, 5.74) is 1.27. The van der Waals surface area contributed by atoms with E-state index in [2.05, 4.69) is 5.32 Å². The Kier molecular flexibility index (Phi) is 3.25. The third kappa shape index (κ3) is 2.36. The van der Waals surface area contributed by atoms with Crippen LogP contribution >= 0.6 is 0 Å². The molecule has 2 unspecified atom stereocenters. The Morgan fingerprint density at radius 3 is 3.00 bits per heavy atom. The molecule has 0 radical (unpaired) electrons.